The van der Waals surface area contributed by atoms with Crippen molar-refractivity contribution in [1.82, 2.24) is 0 Å². The number of nitrogens with zero attached hydrogens (tertiary/aromatic N) is 1. The second-order valence-corrected chi connectivity index (χ2v) is 16.5. The fourth-order valence-electron chi connectivity index (χ4n) is 5.23. The van der Waals surface area contributed by atoms with E-state index in [1.54, 1.807) is 0 Å². The summed E-state index contributed by atoms with van der Waals surface area (Å²) in [5.74, 6) is -0.857. The van der Waals surface area contributed by atoms with Crippen LogP contribution in [-0.2, 0) is 32.7 Å². The normalized spacial score (nSPS) is 14.2. The third-order valence-electron chi connectivity index (χ3n) is 8.58. The number of esters is 2. The van der Waals surface area contributed by atoms with Crippen LogP contribution in [0, 0.1) is 0 Å². The molecule has 10 heteroatoms. The maximum Gasteiger partial charge on any atom is 0.472 e. The summed E-state index contributed by atoms with van der Waals surface area (Å²) in [6.07, 6.45) is 40.2. The SMILES string of the molecule is CCCC/C=C/C/C=C/CCCCCCCC(=O)OC[C@H](COP(=O)(O)OCC[N+](C)(C)C)OC(=O)CCCC/C=C/C/C=C/CCCCCCCC. The first-order valence-electron chi connectivity index (χ1n) is 20.9. The lowest BCUT2D eigenvalue weighted by Gasteiger charge is -2.24. The van der Waals surface area contributed by atoms with Crippen LogP contribution in [-0.4, -0.2) is 74.9 Å². The van der Waals surface area contributed by atoms with Crippen LogP contribution in [0.5, 0.6) is 0 Å². The van der Waals surface area contributed by atoms with Crippen molar-refractivity contribution in [2.45, 2.75) is 168 Å². The second kappa shape index (κ2) is 35.7. The maximum atomic E-state index is 12.6. The molecule has 53 heavy (non-hydrogen) atoms. The lowest BCUT2D eigenvalue weighted by molar-refractivity contribution is -0.870. The third-order valence-corrected chi connectivity index (χ3v) is 9.57. The number of carbonyl (C=O) groups is 2. The summed E-state index contributed by atoms with van der Waals surface area (Å²) in [4.78, 5) is 35.3. The molecule has 9 nitrogen and oxygen atoms in total. The fourth-order valence-corrected chi connectivity index (χ4v) is 5.98. The van der Waals surface area contributed by atoms with Gasteiger partial charge in [0.1, 0.15) is 19.8 Å². The van der Waals surface area contributed by atoms with Gasteiger partial charge in [0.2, 0.25) is 0 Å². The Hall–Kier alpha value is -2.03. The molecule has 0 saturated heterocycles. The topological polar surface area (TPSA) is 108 Å². The highest BCUT2D eigenvalue weighted by Crippen LogP contribution is 2.43. The number of carbonyl (C=O) groups excluding carboxylic acids is 2. The van der Waals surface area contributed by atoms with Crippen LogP contribution < -0.4 is 0 Å². The lowest BCUT2D eigenvalue weighted by atomic mass is 10.1. The summed E-state index contributed by atoms with van der Waals surface area (Å²) >= 11 is 0. The molecule has 0 heterocycles. The highest BCUT2D eigenvalue weighted by molar-refractivity contribution is 7.47. The van der Waals surface area contributed by atoms with Crippen molar-refractivity contribution in [2.75, 3.05) is 47.5 Å². The van der Waals surface area contributed by atoms with Crippen molar-refractivity contribution in [3.63, 3.8) is 0 Å². The van der Waals surface area contributed by atoms with Gasteiger partial charge in [-0.15, -0.1) is 0 Å². The predicted molar refractivity (Wildman–Crippen MR) is 220 cm³/mol. The molecule has 1 unspecified atom stereocenters. The van der Waals surface area contributed by atoms with Crippen molar-refractivity contribution in [1.29, 1.82) is 0 Å². The molecule has 2 atom stereocenters. The number of ether oxygens (including phenoxy) is 2. The van der Waals surface area contributed by atoms with Gasteiger partial charge in [0.05, 0.1) is 27.7 Å². The average Bonchev–Trinajstić information content (AvgIpc) is 3.10. The number of allylic oxidation sites excluding steroid dienone is 8. The number of unbranched alkanes of at least 4 members (excludes halogenated alkanes) is 15. The lowest BCUT2D eigenvalue weighted by Crippen LogP contribution is -2.37. The zero-order chi connectivity index (χ0) is 39.3. The Balaban J connectivity index is 4.48. The molecule has 0 aromatic carbocycles. The van der Waals surface area contributed by atoms with Crippen LogP contribution >= 0.6 is 7.82 Å². The molecule has 0 amide bonds. The van der Waals surface area contributed by atoms with Crippen LogP contribution in [0.25, 0.3) is 0 Å². The summed E-state index contributed by atoms with van der Waals surface area (Å²) in [5.41, 5.74) is 0. The van der Waals surface area contributed by atoms with E-state index in [0.717, 1.165) is 70.6 Å². The van der Waals surface area contributed by atoms with Gasteiger partial charge in [0.25, 0.3) is 0 Å². The highest BCUT2D eigenvalue weighted by Gasteiger charge is 2.27. The van der Waals surface area contributed by atoms with Crippen molar-refractivity contribution in [2.24, 2.45) is 0 Å². The van der Waals surface area contributed by atoms with E-state index in [0.29, 0.717) is 23.9 Å². The number of hydrogen-bond donors (Lipinski definition) is 1. The van der Waals surface area contributed by atoms with Crippen molar-refractivity contribution >= 4 is 19.8 Å². The molecule has 0 spiro atoms. The molecule has 308 valence electrons. The first-order chi connectivity index (χ1) is 25.5. The first kappa shape index (κ1) is 51.0. The maximum absolute atomic E-state index is 12.6. The molecule has 0 rings (SSSR count). The van der Waals surface area contributed by atoms with Crippen LogP contribution in [0.2, 0.25) is 0 Å². The molecular weight excluding hydrogens is 689 g/mol. The minimum absolute atomic E-state index is 0.0220. The van der Waals surface area contributed by atoms with Gasteiger partial charge in [0.15, 0.2) is 6.10 Å². The molecule has 0 aromatic heterocycles. The second-order valence-electron chi connectivity index (χ2n) is 15.0. The first-order valence-corrected chi connectivity index (χ1v) is 22.4. The van der Waals surface area contributed by atoms with E-state index in [2.05, 4.69) is 62.5 Å². The van der Waals surface area contributed by atoms with Crippen LogP contribution in [0.4, 0.5) is 0 Å². The van der Waals surface area contributed by atoms with Crippen molar-refractivity contribution in [3.05, 3.63) is 48.6 Å². The van der Waals surface area contributed by atoms with Gasteiger partial charge in [-0.1, -0.05) is 127 Å². The zero-order valence-corrected chi connectivity index (χ0v) is 35.4. The number of phosphoric acid groups is 1. The smallest absolute Gasteiger partial charge is 0.462 e. The van der Waals surface area contributed by atoms with Gasteiger partial charge in [-0.2, -0.15) is 0 Å². The summed E-state index contributed by atoms with van der Waals surface area (Å²) in [5, 5.41) is 0. The van der Waals surface area contributed by atoms with E-state index in [-0.39, 0.29) is 26.1 Å². The van der Waals surface area contributed by atoms with E-state index in [4.69, 9.17) is 18.5 Å². The monoisotopic (exact) mass is 769 g/mol. The molecule has 1 N–H and O–H groups in total. The van der Waals surface area contributed by atoms with Crippen LogP contribution in [0.1, 0.15) is 162 Å². The van der Waals surface area contributed by atoms with E-state index in [9.17, 15) is 19.0 Å². The largest absolute Gasteiger partial charge is 0.472 e. The molecule has 0 aliphatic carbocycles. The van der Waals surface area contributed by atoms with Gasteiger partial charge in [-0.05, 0) is 70.6 Å². The van der Waals surface area contributed by atoms with E-state index in [1.807, 2.05) is 21.1 Å². The predicted octanol–water partition coefficient (Wildman–Crippen LogP) is 11.5. The molecule has 0 aliphatic heterocycles. The average molecular weight is 769 g/mol. The summed E-state index contributed by atoms with van der Waals surface area (Å²) < 4.78 is 34.2. The van der Waals surface area contributed by atoms with Crippen molar-refractivity contribution < 1.29 is 42.1 Å². The van der Waals surface area contributed by atoms with Gasteiger partial charge in [-0.25, -0.2) is 4.57 Å². The Morgan fingerprint density at radius 1 is 0.585 bits per heavy atom. The Labute approximate surface area is 324 Å². The minimum atomic E-state index is -4.38. The highest BCUT2D eigenvalue weighted by atomic mass is 31.2. The third kappa shape index (κ3) is 39.5. The minimum Gasteiger partial charge on any atom is -0.462 e. The Bertz CT molecular complexity index is 1050. The van der Waals surface area contributed by atoms with Crippen molar-refractivity contribution in [3.8, 4) is 0 Å². The molecular formula is C43H79NO8P+. The summed E-state index contributed by atoms with van der Waals surface area (Å²) in [6, 6.07) is 0. The molecule has 0 aliphatic rings. The number of hydrogen-bond acceptors (Lipinski definition) is 7. The van der Waals surface area contributed by atoms with Gasteiger partial charge in [0, 0.05) is 12.8 Å². The number of phosphoric ester groups is 1. The summed E-state index contributed by atoms with van der Waals surface area (Å²) in [6.45, 7) is 4.30. The van der Waals surface area contributed by atoms with E-state index >= 15 is 0 Å². The molecule has 0 saturated carbocycles. The van der Waals surface area contributed by atoms with Crippen LogP contribution in [0.3, 0.4) is 0 Å². The van der Waals surface area contributed by atoms with E-state index in [1.165, 1.54) is 51.4 Å². The Morgan fingerprint density at radius 2 is 1.04 bits per heavy atom. The van der Waals surface area contributed by atoms with Crippen LogP contribution in [0.15, 0.2) is 48.6 Å². The Morgan fingerprint density at radius 3 is 1.58 bits per heavy atom. The summed E-state index contributed by atoms with van der Waals surface area (Å²) in [7, 11) is 1.44. The molecule has 0 aromatic rings. The van der Waals surface area contributed by atoms with Gasteiger partial charge in [-0.3, -0.25) is 18.6 Å². The van der Waals surface area contributed by atoms with E-state index < -0.39 is 32.5 Å². The van der Waals surface area contributed by atoms with Gasteiger partial charge < -0.3 is 18.9 Å². The molecule has 0 radical (unpaired) electrons. The van der Waals surface area contributed by atoms with Gasteiger partial charge >= 0.3 is 19.8 Å². The molecule has 0 fully saturated rings. The molecule has 0 bridgehead atoms. The zero-order valence-electron chi connectivity index (χ0n) is 34.5. The Kier molecular flexibility index (Phi) is 34.3. The fraction of sp³-hybridized carbons (Fsp3) is 0.767. The number of likely N-dealkylation sites (N-methyl/N-ethyl adjacent to an activating group) is 1. The number of rotatable bonds is 37. The number of quaternary nitrogens is 1. The quantitative estimate of drug-likeness (QED) is 0.0219. The standard InChI is InChI=1S/C43H78NO8P/c1-6-8-10-12-14-16-18-20-22-24-26-28-30-32-34-36-43(46)52-41(40-51-53(47,48)50-38-37-44(3,4)5)39-49-42(45)35-33-31-29-27-25-23-21-19-17-15-13-11-9-7-2/h13,15,19-22,26,28,41H,6-12,14,16-18,23-25,27,29-40H2,1-5H3/p+1/b15-13+,21-19+,22-20+,28-26+/t41-/m1/s1.